The molecule has 9 heteroatoms. The second kappa shape index (κ2) is 8.09. The Balaban J connectivity index is 1.68. The van der Waals surface area contributed by atoms with E-state index < -0.39 is 11.2 Å². The summed E-state index contributed by atoms with van der Waals surface area (Å²) in [6, 6.07) is 13.7. The molecular formula is C24H22N4O5. The predicted molar refractivity (Wildman–Crippen MR) is 122 cm³/mol. The van der Waals surface area contributed by atoms with E-state index in [9.17, 15) is 14.4 Å². The molecule has 2 aromatic heterocycles. The van der Waals surface area contributed by atoms with Gasteiger partial charge in [0.25, 0.3) is 5.56 Å². The highest BCUT2D eigenvalue weighted by Crippen LogP contribution is 2.32. The number of carbonyl (C=O) groups excluding carboxylic acids is 1. The van der Waals surface area contributed by atoms with Crippen molar-refractivity contribution >= 4 is 16.9 Å². The van der Waals surface area contributed by atoms with Crippen molar-refractivity contribution in [2.24, 2.45) is 0 Å². The number of aromatic nitrogens is 4. The minimum absolute atomic E-state index is 0.0973. The van der Waals surface area contributed by atoms with Crippen LogP contribution in [0.3, 0.4) is 0 Å². The number of ether oxygens (including phenoxy) is 2. The fourth-order valence-electron chi connectivity index (χ4n) is 3.95. The van der Waals surface area contributed by atoms with E-state index >= 15 is 0 Å². The summed E-state index contributed by atoms with van der Waals surface area (Å²) in [5, 5.41) is 0. The Morgan fingerprint density at radius 1 is 1.03 bits per heavy atom. The molecule has 0 radical (unpaired) electrons. The van der Waals surface area contributed by atoms with Crippen LogP contribution in [0.1, 0.15) is 29.2 Å². The van der Waals surface area contributed by atoms with Gasteiger partial charge in [-0.2, -0.15) is 0 Å². The number of fused-ring (bicyclic) bond motifs is 1. The van der Waals surface area contributed by atoms with Gasteiger partial charge in [-0.3, -0.25) is 14.2 Å². The van der Waals surface area contributed by atoms with Crippen LogP contribution in [0.15, 0.2) is 64.4 Å². The van der Waals surface area contributed by atoms with Crippen molar-refractivity contribution in [2.45, 2.75) is 25.4 Å². The predicted octanol–water partition coefficient (Wildman–Crippen LogP) is 2.58. The molecule has 0 bridgehead atoms. The first-order valence-electron chi connectivity index (χ1n) is 10.6. The fraction of sp³-hybridized carbons (Fsp3) is 0.250. The van der Waals surface area contributed by atoms with Gasteiger partial charge >= 0.3 is 5.69 Å². The highest BCUT2D eigenvalue weighted by Gasteiger charge is 2.31. The van der Waals surface area contributed by atoms with Crippen LogP contribution in [0.2, 0.25) is 0 Å². The maximum Gasteiger partial charge on any atom is 0.337 e. The molecule has 1 saturated carbocycles. The molecule has 1 aliphatic carbocycles. The first-order chi connectivity index (χ1) is 16.0. The van der Waals surface area contributed by atoms with E-state index in [-0.39, 0.29) is 29.5 Å². The highest BCUT2D eigenvalue weighted by atomic mass is 16.5. The lowest BCUT2D eigenvalue weighted by Gasteiger charge is -2.13. The zero-order valence-electron chi connectivity index (χ0n) is 18.2. The van der Waals surface area contributed by atoms with E-state index in [0.29, 0.717) is 22.7 Å². The Labute approximate surface area is 188 Å². The Bertz CT molecular complexity index is 1490. The molecule has 1 aliphatic rings. The third kappa shape index (κ3) is 3.61. The van der Waals surface area contributed by atoms with Gasteiger partial charge in [-0.1, -0.05) is 18.2 Å². The van der Waals surface area contributed by atoms with Gasteiger partial charge in [0, 0.05) is 17.7 Å². The molecule has 0 saturated heterocycles. The minimum atomic E-state index is -0.451. The average Bonchev–Trinajstić information content (AvgIpc) is 3.59. The molecule has 0 atom stereocenters. The molecule has 9 nitrogen and oxygen atoms in total. The first kappa shape index (κ1) is 20.7. The lowest BCUT2D eigenvalue weighted by molar-refractivity contribution is 0.0973. The van der Waals surface area contributed by atoms with Crippen LogP contribution < -0.4 is 20.7 Å². The van der Waals surface area contributed by atoms with E-state index in [0.717, 1.165) is 12.8 Å². The molecule has 0 spiro atoms. The molecule has 168 valence electrons. The third-order valence-electron chi connectivity index (χ3n) is 5.78. The van der Waals surface area contributed by atoms with Crippen LogP contribution in [-0.2, 0) is 6.54 Å². The van der Waals surface area contributed by atoms with Crippen LogP contribution in [0.4, 0.5) is 0 Å². The van der Waals surface area contributed by atoms with Gasteiger partial charge in [0.05, 0.1) is 32.8 Å². The van der Waals surface area contributed by atoms with E-state index in [2.05, 4.69) is 4.98 Å². The van der Waals surface area contributed by atoms with Gasteiger partial charge < -0.3 is 14.0 Å². The smallest absolute Gasteiger partial charge is 0.337 e. The van der Waals surface area contributed by atoms with Crippen molar-refractivity contribution in [2.75, 3.05) is 14.2 Å². The van der Waals surface area contributed by atoms with Crippen LogP contribution in [0, 0.1) is 0 Å². The number of methoxy groups -OCH3 is 2. The van der Waals surface area contributed by atoms with Crippen LogP contribution >= 0.6 is 0 Å². The molecule has 0 aliphatic heterocycles. The average molecular weight is 446 g/mol. The summed E-state index contributed by atoms with van der Waals surface area (Å²) < 4.78 is 14.7. The van der Waals surface area contributed by atoms with Gasteiger partial charge in [0.15, 0.2) is 16.9 Å². The molecule has 1 fully saturated rings. The summed E-state index contributed by atoms with van der Waals surface area (Å²) >= 11 is 0. The zero-order chi connectivity index (χ0) is 23.1. The maximum absolute atomic E-state index is 13.4. The van der Waals surface area contributed by atoms with Crippen LogP contribution in [0.25, 0.3) is 16.9 Å². The first-order valence-corrected chi connectivity index (χ1v) is 10.6. The third-order valence-corrected chi connectivity index (χ3v) is 5.78. The van der Waals surface area contributed by atoms with Crippen LogP contribution in [0.5, 0.6) is 11.5 Å². The molecule has 4 aromatic rings. The van der Waals surface area contributed by atoms with Crippen molar-refractivity contribution in [1.82, 2.24) is 18.7 Å². The fourth-order valence-corrected chi connectivity index (χ4v) is 3.95. The summed E-state index contributed by atoms with van der Waals surface area (Å²) in [6.45, 7) is -0.0973. The second-order valence-electron chi connectivity index (χ2n) is 7.93. The molecule has 0 N–H and O–H groups in total. The summed E-state index contributed by atoms with van der Waals surface area (Å²) in [6.07, 6.45) is 2.95. The number of benzene rings is 2. The number of carbonyl (C=O) groups is 1. The number of nitrogens with zero attached hydrogens (tertiary/aromatic N) is 4. The molecule has 33 heavy (non-hydrogen) atoms. The van der Waals surface area contributed by atoms with Crippen molar-refractivity contribution < 1.29 is 14.3 Å². The number of ketones is 1. The van der Waals surface area contributed by atoms with Gasteiger partial charge in [-0.15, -0.1) is 0 Å². The van der Waals surface area contributed by atoms with Crippen molar-refractivity contribution in [3.8, 4) is 17.2 Å². The lowest BCUT2D eigenvalue weighted by atomic mass is 10.1. The quantitative estimate of drug-likeness (QED) is 0.405. The number of hydrogen-bond donors (Lipinski definition) is 0. The van der Waals surface area contributed by atoms with Crippen LogP contribution in [-0.4, -0.2) is 38.7 Å². The van der Waals surface area contributed by atoms with Crippen molar-refractivity contribution in [3.63, 3.8) is 0 Å². The topological polar surface area (TPSA) is 97.4 Å². The summed E-state index contributed by atoms with van der Waals surface area (Å²) in [5.41, 5.74) is 0.511. The summed E-state index contributed by atoms with van der Waals surface area (Å²) in [4.78, 5) is 44.1. The molecule has 2 heterocycles. The van der Waals surface area contributed by atoms with Gasteiger partial charge in [0.2, 0.25) is 0 Å². The Hall–Kier alpha value is -4.14. The van der Waals surface area contributed by atoms with Gasteiger partial charge in [0.1, 0.15) is 11.5 Å². The van der Waals surface area contributed by atoms with E-state index in [1.54, 1.807) is 55.6 Å². The number of hydrogen-bond acceptors (Lipinski definition) is 6. The normalized spacial score (nSPS) is 13.3. The zero-order valence-corrected chi connectivity index (χ0v) is 18.2. The Morgan fingerprint density at radius 3 is 2.42 bits per heavy atom. The Morgan fingerprint density at radius 2 is 1.73 bits per heavy atom. The van der Waals surface area contributed by atoms with Gasteiger partial charge in [-0.05, 0) is 37.1 Å². The number of rotatable bonds is 7. The lowest BCUT2D eigenvalue weighted by Crippen LogP contribution is -2.39. The summed E-state index contributed by atoms with van der Waals surface area (Å²) in [5.74, 6) is 0.938. The minimum Gasteiger partial charge on any atom is -0.497 e. The molecule has 2 aromatic carbocycles. The standard InChI is InChI=1S/C24H22N4O5/c1-32-18-7-3-5-15(11-18)20(29)13-26-14-25-22-21(26)23(30)28(16-9-10-16)24(31)27(22)17-6-4-8-19(12-17)33-2/h3-8,11-12,14,16H,9-10,13H2,1-2H3. The van der Waals surface area contributed by atoms with Crippen molar-refractivity contribution in [3.05, 3.63) is 81.3 Å². The largest absolute Gasteiger partial charge is 0.497 e. The molecule has 0 unspecified atom stereocenters. The number of imidazole rings is 1. The van der Waals surface area contributed by atoms with Crippen molar-refractivity contribution in [1.29, 1.82) is 0 Å². The number of Topliss-reactive ketones (excluding diaryl/α,β-unsaturated/α-hetero) is 1. The van der Waals surface area contributed by atoms with E-state index in [4.69, 9.17) is 9.47 Å². The SMILES string of the molecule is COc1cccc(C(=O)Cn2cnc3c2c(=O)n(C2CC2)c(=O)n3-c2cccc(OC)c2)c1. The van der Waals surface area contributed by atoms with E-state index in [1.165, 1.54) is 27.1 Å². The van der Waals surface area contributed by atoms with E-state index in [1.807, 2.05) is 0 Å². The summed E-state index contributed by atoms with van der Waals surface area (Å²) in [7, 11) is 3.08. The maximum atomic E-state index is 13.4. The monoisotopic (exact) mass is 446 g/mol. The molecule has 5 rings (SSSR count). The Kier molecular flexibility index (Phi) is 5.08. The van der Waals surface area contributed by atoms with Gasteiger partial charge in [-0.25, -0.2) is 14.3 Å². The second-order valence-corrected chi connectivity index (χ2v) is 7.93. The molecular weight excluding hydrogens is 424 g/mol. The highest BCUT2D eigenvalue weighted by molar-refractivity contribution is 5.96. The molecule has 0 amide bonds.